The Kier molecular flexibility index (Phi) is 5.06. The summed E-state index contributed by atoms with van der Waals surface area (Å²) >= 11 is 0. The summed E-state index contributed by atoms with van der Waals surface area (Å²) in [5.41, 5.74) is 1.16. The van der Waals surface area contributed by atoms with Crippen LogP contribution in [0.5, 0.6) is 0 Å². The van der Waals surface area contributed by atoms with Crippen LogP contribution >= 0.6 is 10.7 Å². The highest BCUT2D eigenvalue weighted by Gasteiger charge is 2.37. The minimum Gasteiger partial charge on any atom is -0.357 e. The molecule has 25 heavy (non-hydrogen) atoms. The monoisotopic (exact) mass is 396 g/mol. The van der Waals surface area contributed by atoms with Crippen LogP contribution < -0.4 is 5.32 Å². The number of alkyl halides is 3. The number of aryl methyl sites for hydroxylation is 1. The van der Waals surface area contributed by atoms with E-state index >= 15 is 0 Å². The fourth-order valence-electron chi connectivity index (χ4n) is 2.37. The van der Waals surface area contributed by atoms with Crippen LogP contribution in [0.4, 0.5) is 19.1 Å². The van der Waals surface area contributed by atoms with E-state index in [4.69, 9.17) is 10.7 Å². The van der Waals surface area contributed by atoms with E-state index in [9.17, 15) is 21.6 Å². The SMILES string of the molecule is CNc1nc(C(F)(F)F)nn1-c1cc(S(=O)(=O)Cl)c(C)cc1C(C)C. The first-order chi connectivity index (χ1) is 11.4. The van der Waals surface area contributed by atoms with Gasteiger partial charge in [-0.3, -0.25) is 0 Å². The lowest BCUT2D eigenvalue weighted by atomic mass is 9.99. The van der Waals surface area contributed by atoms with Crippen molar-refractivity contribution in [2.75, 3.05) is 12.4 Å². The quantitative estimate of drug-likeness (QED) is 0.797. The van der Waals surface area contributed by atoms with Gasteiger partial charge in [-0.2, -0.15) is 22.8 Å². The zero-order chi connectivity index (χ0) is 19.2. The van der Waals surface area contributed by atoms with Gasteiger partial charge in [-0.25, -0.2) is 8.42 Å². The number of aromatic nitrogens is 3. The summed E-state index contributed by atoms with van der Waals surface area (Å²) in [5, 5.41) is 6.03. The van der Waals surface area contributed by atoms with Crippen LogP contribution in [0.3, 0.4) is 0 Å². The van der Waals surface area contributed by atoms with Crippen molar-refractivity contribution in [2.45, 2.75) is 37.8 Å². The number of anilines is 1. The second kappa shape index (κ2) is 6.49. The third-order valence-corrected chi connectivity index (χ3v) is 4.99. The van der Waals surface area contributed by atoms with E-state index < -0.39 is 21.1 Å². The predicted octanol–water partition coefficient (Wildman–Crippen LogP) is 3.69. The Labute approximate surface area is 147 Å². The van der Waals surface area contributed by atoms with Crippen molar-refractivity contribution in [1.29, 1.82) is 0 Å². The van der Waals surface area contributed by atoms with Gasteiger partial charge in [-0.05, 0) is 30.0 Å². The summed E-state index contributed by atoms with van der Waals surface area (Å²) in [6.07, 6.45) is -4.74. The lowest BCUT2D eigenvalue weighted by Gasteiger charge is -2.17. The van der Waals surface area contributed by atoms with Crippen LogP contribution in [0.25, 0.3) is 5.69 Å². The highest BCUT2D eigenvalue weighted by Crippen LogP contribution is 2.33. The van der Waals surface area contributed by atoms with Crippen molar-refractivity contribution in [3.8, 4) is 5.69 Å². The van der Waals surface area contributed by atoms with Gasteiger partial charge >= 0.3 is 6.18 Å². The minimum absolute atomic E-state index is 0.107. The topological polar surface area (TPSA) is 76.9 Å². The average Bonchev–Trinajstić information content (AvgIpc) is 2.89. The molecule has 6 nitrogen and oxygen atoms in total. The zero-order valence-electron chi connectivity index (χ0n) is 13.8. The van der Waals surface area contributed by atoms with Gasteiger partial charge in [-0.1, -0.05) is 19.9 Å². The summed E-state index contributed by atoms with van der Waals surface area (Å²) in [6.45, 7) is 5.22. The first kappa shape index (κ1) is 19.5. The lowest BCUT2D eigenvalue weighted by Crippen LogP contribution is -2.11. The van der Waals surface area contributed by atoms with Gasteiger partial charge in [0.05, 0.1) is 10.6 Å². The second-order valence-corrected chi connectivity index (χ2v) is 8.22. The van der Waals surface area contributed by atoms with E-state index in [1.54, 1.807) is 13.0 Å². The molecule has 1 aromatic carbocycles. The molecule has 0 fully saturated rings. The molecule has 1 aromatic heterocycles. The number of hydrogen-bond donors (Lipinski definition) is 1. The summed E-state index contributed by atoms with van der Waals surface area (Å²) in [5.74, 6) is -1.61. The molecule has 11 heteroatoms. The van der Waals surface area contributed by atoms with E-state index in [0.717, 1.165) is 4.68 Å². The van der Waals surface area contributed by atoms with Crippen LogP contribution in [-0.4, -0.2) is 30.2 Å². The summed E-state index contributed by atoms with van der Waals surface area (Å²) in [4.78, 5) is 3.23. The van der Waals surface area contributed by atoms with Crippen molar-refractivity contribution < 1.29 is 21.6 Å². The molecule has 138 valence electrons. The molecule has 0 aliphatic heterocycles. The van der Waals surface area contributed by atoms with Crippen LogP contribution in [0.15, 0.2) is 17.0 Å². The molecule has 0 saturated carbocycles. The van der Waals surface area contributed by atoms with Gasteiger partial charge in [0, 0.05) is 17.7 Å². The van der Waals surface area contributed by atoms with Crippen LogP contribution in [0, 0.1) is 6.92 Å². The molecule has 0 aliphatic rings. The first-order valence-corrected chi connectivity index (χ1v) is 9.48. The average molecular weight is 397 g/mol. The highest BCUT2D eigenvalue weighted by atomic mass is 35.7. The van der Waals surface area contributed by atoms with Crippen LogP contribution in [0.1, 0.15) is 36.7 Å². The Hall–Kier alpha value is -1.81. The van der Waals surface area contributed by atoms with E-state index in [1.165, 1.54) is 13.1 Å². The molecule has 1 N–H and O–H groups in total. The van der Waals surface area contributed by atoms with E-state index in [1.807, 2.05) is 13.8 Å². The molecule has 2 aromatic rings. The molecule has 0 radical (unpaired) electrons. The van der Waals surface area contributed by atoms with Crippen molar-refractivity contribution in [3.63, 3.8) is 0 Å². The second-order valence-electron chi connectivity index (χ2n) is 5.69. The number of benzene rings is 1. The number of rotatable bonds is 4. The van der Waals surface area contributed by atoms with Crippen molar-refractivity contribution in [1.82, 2.24) is 14.8 Å². The third-order valence-electron chi connectivity index (χ3n) is 3.52. The molecule has 0 bridgehead atoms. The number of hydrogen-bond acceptors (Lipinski definition) is 5. The molecule has 0 aliphatic carbocycles. The molecule has 2 rings (SSSR count). The third kappa shape index (κ3) is 3.90. The minimum atomic E-state index is -4.74. The normalized spacial score (nSPS) is 12.7. The predicted molar refractivity (Wildman–Crippen MR) is 87.8 cm³/mol. The van der Waals surface area contributed by atoms with Crippen molar-refractivity contribution >= 4 is 25.7 Å². The maximum atomic E-state index is 12.9. The van der Waals surface area contributed by atoms with Gasteiger partial charge in [-0.15, -0.1) is 5.10 Å². The molecule has 0 saturated heterocycles. The molecule has 0 spiro atoms. The van der Waals surface area contributed by atoms with E-state index in [-0.39, 0.29) is 22.4 Å². The van der Waals surface area contributed by atoms with Gasteiger partial charge < -0.3 is 5.32 Å². The van der Waals surface area contributed by atoms with Gasteiger partial charge in [0.15, 0.2) is 0 Å². The number of nitrogens with zero attached hydrogens (tertiary/aromatic N) is 3. The molecule has 1 heterocycles. The Morgan fingerprint density at radius 2 is 1.88 bits per heavy atom. The number of halogens is 4. The molecule has 0 atom stereocenters. The van der Waals surface area contributed by atoms with Crippen molar-refractivity contribution in [3.05, 3.63) is 29.1 Å². The Bertz CT molecular complexity index is 908. The van der Waals surface area contributed by atoms with E-state index in [2.05, 4.69) is 15.4 Å². The molecular formula is C14H16ClF3N4O2S. The fraction of sp³-hybridized carbons (Fsp3) is 0.429. The summed E-state index contributed by atoms with van der Waals surface area (Å²) in [7, 11) is 2.75. The van der Waals surface area contributed by atoms with Crippen LogP contribution in [0.2, 0.25) is 0 Å². The zero-order valence-corrected chi connectivity index (χ0v) is 15.4. The molecule has 0 amide bonds. The highest BCUT2D eigenvalue weighted by molar-refractivity contribution is 8.13. The first-order valence-electron chi connectivity index (χ1n) is 7.17. The van der Waals surface area contributed by atoms with Crippen LogP contribution in [-0.2, 0) is 15.2 Å². The largest absolute Gasteiger partial charge is 0.453 e. The Balaban J connectivity index is 2.84. The molecular weight excluding hydrogens is 381 g/mol. The van der Waals surface area contributed by atoms with E-state index in [0.29, 0.717) is 11.1 Å². The van der Waals surface area contributed by atoms with Crippen molar-refractivity contribution in [2.24, 2.45) is 0 Å². The summed E-state index contributed by atoms with van der Waals surface area (Å²) in [6, 6.07) is 2.78. The van der Waals surface area contributed by atoms with Gasteiger partial charge in [0.25, 0.3) is 14.9 Å². The van der Waals surface area contributed by atoms with Gasteiger partial charge in [0.1, 0.15) is 0 Å². The standard InChI is InChI=1S/C14H16ClF3N4O2S/c1-7(2)9-5-8(3)11(25(15,23)24)6-10(9)22-13(19-4)20-12(21-22)14(16,17)18/h5-7H,1-4H3,(H,19,20,21). The van der Waals surface area contributed by atoms with Gasteiger partial charge in [0.2, 0.25) is 5.95 Å². The maximum Gasteiger partial charge on any atom is 0.453 e. The Morgan fingerprint density at radius 3 is 2.32 bits per heavy atom. The fourth-order valence-corrected chi connectivity index (χ4v) is 3.56. The molecule has 0 unspecified atom stereocenters. The maximum absolute atomic E-state index is 12.9. The summed E-state index contributed by atoms with van der Waals surface area (Å²) < 4.78 is 63.3. The number of nitrogens with one attached hydrogen (secondary N) is 1. The Morgan fingerprint density at radius 1 is 1.28 bits per heavy atom. The lowest BCUT2D eigenvalue weighted by molar-refractivity contribution is -0.144. The smallest absolute Gasteiger partial charge is 0.357 e.